The molecule has 0 bridgehead atoms. The number of carbonyl (C=O) groups is 1. The summed E-state index contributed by atoms with van der Waals surface area (Å²) < 4.78 is 13.5. The molecule has 2 N–H and O–H groups in total. The first-order valence-corrected chi connectivity index (χ1v) is 7.70. The normalized spacial score (nSPS) is 10.8. The average molecular weight is 324 g/mol. The van der Waals surface area contributed by atoms with Crippen LogP contribution in [0.1, 0.15) is 17.5 Å². The number of aromatic amines is 1. The zero-order chi connectivity index (χ0) is 17.1. The van der Waals surface area contributed by atoms with Crippen LogP contribution < -0.4 is 10.9 Å². The van der Waals surface area contributed by atoms with Gasteiger partial charge in [-0.1, -0.05) is 18.2 Å². The molecule has 1 heterocycles. The molecule has 3 rings (SSSR count). The lowest BCUT2D eigenvalue weighted by molar-refractivity contribution is -0.116. The maximum atomic E-state index is 13.5. The Kier molecular flexibility index (Phi) is 4.42. The van der Waals surface area contributed by atoms with Crippen molar-refractivity contribution >= 4 is 22.5 Å². The molecule has 2 aromatic carbocycles. The van der Waals surface area contributed by atoms with Gasteiger partial charge in [-0.3, -0.25) is 9.59 Å². The number of anilines is 1. The van der Waals surface area contributed by atoms with E-state index in [2.05, 4.69) is 10.3 Å². The van der Waals surface area contributed by atoms with Gasteiger partial charge in [0.05, 0.1) is 5.69 Å². The van der Waals surface area contributed by atoms with Gasteiger partial charge in [0.15, 0.2) is 0 Å². The number of H-pyrrole nitrogens is 1. The van der Waals surface area contributed by atoms with Crippen molar-refractivity contribution in [3.05, 3.63) is 75.8 Å². The second kappa shape index (κ2) is 6.66. The summed E-state index contributed by atoms with van der Waals surface area (Å²) in [6.45, 7) is 1.76. The number of para-hydroxylation sites is 1. The van der Waals surface area contributed by atoms with E-state index >= 15 is 0 Å². The van der Waals surface area contributed by atoms with Crippen LogP contribution in [-0.2, 0) is 11.2 Å². The largest absolute Gasteiger partial charge is 0.324 e. The molecule has 4 nitrogen and oxygen atoms in total. The molecular formula is C19H17FN2O2. The first kappa shape index (κ1) is 15.9. The van der Waals surface area contributed by atoms with Crippen LogP contribution in [0.4, 0.5) is 10.1 Å². The van der Waals surface area contributed by atoms with Gasteiger partial charge in [-0.2, -0.15) is 0 Å². The van der Waals surface area contributed by atoms with E-state index in [1.807, 2.05) is 24.3 Å². The Balaban J connectivity index is 1.69. The zero-order valence-electron chi connectivity index (χ0n) is 13.2. The van der Waals surface area contributed by atoms with Crippen LogP contribution in [0.25, 0.3) is 10.9 Å². The molecule has 122 valence electrons. The highest BCUT2D eigenvalue weighted by Crippen LogP contribution is 2.16. The third-order valence-electron chi connectivity index (χ3n) is 3.88. The lowest BCUT2D eigenvalue weighted by atomic mass is 10.1. The molecule has 0 radical (unpaired) electrons. The molecule has 0 spiro atoms. The molecular weight excluding hydrogens is 307 g/mol. The predicted octanol–water partition coefficient (Wildman–Crippen LogP) is 3.55. The summed E-state index contributed by atoms with van der Waals surface area (Å²) in [6.07, 6.45) is 0.788. The van der Waals surface area contributed by atoms with E-state index in [1.165, 1.54) is 12.1 Å². The van der Waals surface area contributed by atoms with Crippen LogP contribution in [0.5, 0.6) is 0 Å². The van der Waals surface area contributed by atoms with Crippen molar-refractivity contribution in [3.8, 4) is 0 Å². The molecule has 5 heteroatoms. The molecule has 0 saturated heterocycles. The van der Waals surface area contributed by atoms with Gasteiger partial charge >= 0.3 is 0 Å². The van der Waals surface area contributed by atoms with Gasteiger partial charge in [0.25, 0.3) is 5.56 Å². The molecule has 1 amide bonds. The van der Waals surface area contributed by atoms with Gasteiger partial charge in [-0.25, -0.2) is 4.39 Å². The summed E-state index contributed by atoms with van der Waals surface area (Å²) >= 11 is 0. The fourth-order valence-corrected chi connectivity index (χ4v) is 2.55. The minimum absolute atomic E-state index is 0.0977. The highest BCUT2D eigenvalue weighted by molar-refractivity contribution is 5.91. The molecule has 3 aromatic rings. The Hall–Kier alpha value is -2.95. The number of aromatic nitrogens is 1. The molecule has 0 atom stereocenters. The Morgan fingerprint density at radius 2 is 1.96 bits per heavy atom. The molecule has 0 fully saturated rings. The van der Waals surface area contributed by atoms with Crippen molar-refractivity contribution in [2.45, 2.75) is 19.8 Å². The summed E-state index contributed by atoms with van der Waals surface area (Å²) in [5, 5.41) is 3.50. The predicted molar refractivity (Wildman–Crippen MR) is 92.7 cm³/mol. The van der Waals surface area contributed by atoms with Crippen molar-refractivity contribution < 1.29 is 9.18 Å². The first-order chi connectivity index (χ1) is 11.5. The van der Waals surface area contributed by atoms with Gasteiger partial charge in [0.1, 0.15) is 5.82 Å². The van der Waals surface area contributed by atoms with Crippen molar-refractivity contribution in [3.63, 3.8) is 0 Å². The van der Waals surface area contributed by atoms with Crippen LogP contribution in [-0.4, -0.2) is 10.9 Å². The second-order valence-electron chi connectivity index (χ2n) is 5.73. The third kappa shape index (κ3) is 3.51. The van der Waals surface area contributed by atoms with E-state index in [-0.39, 0.29) is 23.6 Å². The smallest absolute Gasteiger partial charge is 0.251 e. The first-order valence-electron chi connectivity index (χ1n) is 7.70. The second-order valence-corrected chi connectivity index (χ2v) is 5.73. The fourth-order valence-electron chi connectivity index (χ4n) is 2.55. The number of nitrogens with one attached hydrogen (secondary N) is 2. The number of halogens is 1. The number of amides is 1. The van der Waals surface area contributed by atoms with Crippen LogP contribution in [0, 0.1) is 12.7 Å². The van der Waals surface area contributed by atoms with Gasteiger partial charge in [0.2, 0.25) is 5.91 Å². The standard InChI is InChI=1S/C19H17FN2O2/c1-12-10-14-11-13(6-8-16(14)22-19(12)24)7-9-18(23)21-17-5-3-2-4-15(17)20/h2-6,8,10-11H,7,9H2,1H3,(H,21,23)(H,22,24). The van der Waals surface area contributed by atoms with Crippen molar-refractivity contribution in [1.82, 2.24) is 4.98 Å². The van der Waals surface area contributed by atoms with Crippen LogP contribution in [0.15, 0.2) is 53.3 Å². The average Bonchev–Trinajstić information content (AvgIpc) is 2.56. The lowest BCUT2D eigenvalue weighted by Crippen LogP contribution is -2.13. The molecule has 24 heavy (non-hydrogen) atoms. The lowest BCUT2D eigenvalue weighted by Gasteiger charge is -2.07. The fraction of sp³-hybridized carbons (Fsp3) is 0.158. The van der Waals surface area contributed by atoms with E-state index in [4.69, 9.17) is 0 Å². The Labute approximate surface area is 138 Å². The van der Waals surface area contributed by atoms with Crippen molar-refractivity contribution in [2.75, 3.05) is 5.32 Å². The SMILES string of the molecule is Cc1cc2cc(CCC(=O)Nc3ccccc3F)ccc2[nH]c1=O. The number of pyridine rings is 1. The summed E-state index contributed by atoms with van der Waals surface area (Å²) in [4.78, 5) is 26.4. The molecule has 1 aromatic heterocycles. The molecule has 0 aliphatic heterocycles. The molecule has 0 aliphatic carbocycles. The van der Waals surface area contributed by atoms with Gasteiger partial charge < -0.3 is 10.3 Å². The molecule has 0 unspecified atom stereocenters. The molecule has 0 saturated carbocycles. The maximum Gasteiger partial charge on any atom is 0.251 e. The number of hydrogen-bond donors (Lipinski definition) is 2. The Morgan fingerprint density at radius 1 is 1.17 bits per heavy atom. The van der Waals surface area contributed by atoms with E-state index in [0.717, 1.165) is 16.5 Å². The quantitative estimate of drug-likeness (QED) is 0.771. The Morgan fingerprint density at radius 3 is 2.75 bits per heavy atom. The van der Waals surface area contributed by atoms with Crippen LogP contribution >= 0.6 is 0 Å². The Bertz CT molecular complexity index is 963. The van der Waals surface area contributed by atoms with Crippen LogP contribution in [0.2, 0.25) is 0 Å². The molecule has 0 aliphatic rings. The summed E-state index contributed by atoms with van der Waals surface area (Å²) in [6, 6.07) is 13.6. The summed E-state index contributed by atoms with van der Waals surface area (Å²) in [5.74, 6) is -0.686. The van der Waals surface area contributed by atoms with Crippen molar-refractivity contribution in [1.29, 1.82) is 0 Å². The van der Waals surface area contributed by atoms with E-state index in [0.29, 0.717) is 12.0 Å². The number of fused-ring (bicyclic) bond motifs is 1. The van der Waals surface area contributed by atoms with Gasteiger partial charge in [-0.15, -0.1) is 0 Å². The monoisotopic (exact) mass is 324 g/mol. The van der Waals surface area contributed by atoms with Gasteiger partial charge in [-0.05, 0) is 54.6 Å². The maximum absolute atomic E-state index is 13.5. The number of aryl methyl sites for hydroxylation is 2. The summed E-state index contributed by atoms with van der Waals surface area (Å²) in [7, 11) is 0. The minimum Gasteiger partial charge on any atom is -0.324 e. The minimum atomic E-state index is -0.448. The van der Waals surface area contributed by atoms with E-state index in [9.17, 15) is 14.0 Å². The number of hydrogen-bond acceptors (Lipinski definition) is 2. The third-order valence-corrected chi connectivity index (χ3v) is 3.88. The number of rotatable bonds is 4. The van der Waals surface area contributed by atoms with Crippen molar-refractivity contribution in [2.24, 2.45) is 0 Å². The highest BCUT2D eigenvalue weighted by Gasteiger charge is 2.07. The van der Waals surface area contributed by atoms with Crippen LogP contribution in [0.3, 0.4) is 0 Å². The number of benzene rings is 2. The highest BCUT2D eigenvalue weighted by atomic mass is 19.1. The van der Waals surface area contributed by atoms with E-state index < -0.39 is 5.82 Å². The number of carbonyl (C=O) groups excluding carboxylic acids is 1. The topological polar surface area (TPSA) is 62.0 Å². The van der Waals surface area contributed by atoms with Gasteiger partial charge in [0, 0.05) is 17.5 Å². The zero-order valence-corrected chi connectivity index (χ0v) is 13.2. The summed E-state index contributed by atoms with van der Waals surface area (Å²) in [5.41, 5.74) is 2.49. The van der Waals surface area contributed by atoms with E-state index in [1.54, 1.807) is 19.1 Å².